The zero-order valence-corrected chi connectivity index (χ0v) is 20.7. The normalized spacial score (nSPS) is 21.5. The van der Waals surface area contributed by atoms with Crippen LogP contribution in [0.15, 0.2) is 72.8 Å². The van der Waals surface area contributed by atoms with E-state index in [9.17, 15) is 19.1 Å². The summed E-state index contributed by atoms with van der Waals surface area (Å²) in [7, 11) is 0. The second kappa shape index (κ2) is 11.6. The number of anilines is 2. The van der Waals surface area contributed by atoms with Crippen LogP contribution in [0.4, 0.5) is 20.6 Å². The second-order valence-corrected chi connectivity index (χ2v) is 9.51. The standard InChI is InChI=1S/C29H30FN3O5/c30-23-8-4-5-9-24(23)33-29(36)32-19-10-11-25-21(14-19)22-15-20(37-26(17-34)28(22)38-25)16-27(35)31-13-12-18-6-2-1-3-7-18/h1-11,14,20,22,26,28,34H,12-13,15-17H2,(H,31,35)(H2,32,33,36)/t20-,22+,26+,28-/m1/s1. The third-order valence-electron chi connectivity index (χ3n) is 6.87. The molecule has 9 heteroatoms. The molecule has 8 nitrogen and oxygen atoms in total. The summed E-state index contributed by atoms with van der Waals surface area (Å²) in [4.78, 5) is 25.1. The highest BCUT2D eigenvalue weighted by molar-refractivity contribution is 6.00. The number of amides is 3. The summed E-state index contributed by atoms with van der Waals surface area (Å²) < 4.78 is 26.0. The summed E-state index contributed by atoms with van der Waals surface area (Å²) in [6.45, 7) is 0.290. The number of hydrogen-bond donors (Lipinski definition) is 4. The van der Waals surface area contributed by atoms with E-state index >= 15 is 0 Å². The molecule has 3 aromatic carbocycles. The van der Waals surface area contributed by atoms with E-state index in [1.165, 1.54) is 12.1 Å². The Morgan fingerprint density at radius 2 is 1.79 bits per heavy atom. The number of carbonyl (C=O) groups is 2. The van der Waals surface area contributed by atoms with Crippen LogP contribution >= 0.6 is 0 Å². The third-order valence-corrected chi connectivity index (χ3v) is 6.87. The molecule has 4 atom stereocenters. The molecule has 5 rings (SSSR count). The number of rotatable bonds is 8. The van der Waals surface area contributed by atoms with E-state index in [4.69, 9.17) is 9.47 Å². The topological polar surface area (TPSA) is 109 Å². The molecule has 0 radical (unpaired) electrons. The van der Waals surface area contributed by atoms with Gasteiger partial charge in [-0.2, -0.15) is 0 Å². The molecule has 2 heterocycles. The summed E-state index contributed by atoms with van der Waals surface area (Å²) in [5.74, 6) is -0.106. The lowest BCUT2D eigenvalue weighted by atomic mass is 9.84. The fourth-order valence-corrected chi connectivity index (χ4v) is 5.08. The van der Waals surface area contributed by atoms with Crippen LogP contribution in [0.1, 0.15) is 29.9 Å². The SMILES string of the molecule is O=C(C[C@H]1C[C@H]2c3cc(NC(=O)Nc4ccccc4F)ccc3O[C@H]2[C@H](CO)O1)NCCc1ccccc1. The molecule has 0 bridgehead atoms. The minimum Gasteiger partial charge on any atom is -0.487 e. The number of ether oxygens (including phenoxy) is 2. The highest BCUT2D eigenvalue weighted by atomic mass is 19.1. The van der Waals surface area contributed by atoms with Crippen LogP contribution in [0, 0.1) is 5.82 Å². The Hall–Kier alpha value is -3.95. The molecule has 1 fully saturated rings. The van der Waals surface area contributed by atoms with Crippen LogP contribution in [0.3, 0.4) is 0 Å². The fourth-order valence-electron chi connectivity index (χ4n) is 5.08. The maximum atomic E-state index is 13.9. The van der Waals surface area contributed by atoms with E-state index in [0.29, 0.717) is 24.4 Å². The van der Waals surface area contributed by atoms with Crippen molar-refractivity contribution in [3.63, 3.8) is 0 Å². The lowest BCUT2D eigenvalue weighted by Crippen LogP contribution is -2.47. The van der Waals surface area contributed by atoms with Crippen molar-refractivity contribution < 1.29 is 28.6 Å². The quantitative estimate of drug-likeness (QED) is 0.357. The maximum Gasteiger partial charge on any atom is 0.323 e. The molecule has 2 aliphatic heterocycles. The zero-order valence-electron chi connectivity index (χ0n) is 20.7. The molecule has 2 aliphatic rings. The average molecular weight is 520 g/mol. The molecule has 3 aromatic rings. The number of benzene rings is 3. The minimum atomic E-state index is -0.580. The maximum absolute atomic E-state index is 13.9. The van der Waals surface area contributed by atoms with Crippen molar-refractivity contribution in [2.24, 2.45) is 0 Å². The lowest BCUT2D eigenvalue weighted by molar-refractivity contribution is -0.142. The molecule has 3 amide bonds. The van der Waals surface area contributed by atoms with E-state index in [1.54, 1.807) is 24.3 Å². The molecular weight excluding hydrogens is 489 g/mol. The monoisotopic (exact) mass is 519 g/mol. The van der Waals surface area contributed by atoms with Crippen LogP contribution in [-0.4, -0.2) is 48.5 Å². The van der Waals surface area contributed by atoms with Gasteiger partial charge < -0.3 is 30.5 Å². The minimum absolute atomic E-state index is 0.0784. The predicted octanol–water partition coefficient (Wildman–Crippen LogP) is 4.21. The van der Waals surface area contributed by atoms with Crippen LogP contribution in [-0.2, 0) is 16.0 Å². The number of aliphatic hydroxyl groups is 1. The van der Waals surface area contributed by atoms with Crippen LogP contribution in [0.2, 0.25) is 0 Å². The molecule has 198 valence electrons. The average Bonchev–Trinajstić information content (AvgIpc) is 3.28. The zero-order chi connectivity index (χ0) is 26.5. The number of fused-ring (bicyclic) bond motifs is 3. The van der Waals surface area contributed by atoms with Gasteiger partial charge in [0.2, 0.25) is 5.91 Å². The Morgan fingerprint density at radius 1 is 1.00 bits per heavy atom. The number of urea groups is 1. The Morgan fingerprint density at radius 3 is 2.58 bits per heavy atom. The smallest absolute Gasteiger partial charge is 0.323 e. The van der Waals surface area contributed by atoms with E-state index in [2.05, 4.69) is 16.0 Å². The summed E-state index contributed by atoms with van der Waals surface area (Å²) in [5.41, 5.74) is 2.62. The molecule has 0 saturated carbocycles. The Bertz CT molecular complexity index is 1290. The summed E-state index contributed by atoms with van der Waals surface area (Å²) >= 11 is 0. The highest BCUT2D eigenvalue weighted by Gasteiger charge is 2.46. The molecular formula is C29H30FN3O5. The molecule has 0 aliphatic carbocycles. The molecule has 4 N–H and O–H groups in total. The molecule has 0 unspecified atom stereocenters. The number of para-hydroxylation sites is 1. The van der Waals surface area contributed by atoms with Crippen LogP contribution < -0.4 is 20.7 Å². The van der Waals surface area contributed by atoms with Gasteiger partial charge in [-0.3, -0.25) is 4.79 Å². The van der Waals surface area contributed by atoms with Gasteiger partial charge in [0.05, 0.1) is 24.8 Å². The van der Waals surface area contributed by atoms with Gasteiger partial charge >= 0.3 is 6.03 Å². The van der Waals surface area contributed by atoms with Gasteiger partial charge in [-0.05, 0) is 48.7 Å². The van der Waals surface area contributed by atoms with Crippen molar-refractivity contribution in [2.45, 2.75) is 43.5 Å². The molecule has 38 heavy (non-hydrogen) atoms. The van der Waals surface area contributed by atoms with E-state index in [0.717, 1.165) is 17.5 Å². The van der Waals surface area contributed by atoms with Gasteiger partial charge in [-0.25, -0.2) is 9.18 Å². The summed E-state index contributed by atoms with van der Waals surface area (Å²) in [5, 5.41) is 18.2. The van der Waals surface area contributed by atoms with E-state index < -0.39 is 24.1 Å². The van der Waals surface area contributed by atoms with Crippen molar-refractivity contribution in [3.05, 3.63) is 89.7 Å². The van der Waals surface area contributed by atoms with Crippen molar-refractivity contribution in [1.82, 2.24) is 5.32 Å². The van der Waals surface area contributed by atoms with Crippen LogP contribution in [0.5, 0.6) is 5.75 Å². The highest BCUT2D eigenvalue weighted by Crippen LogP contribution is 2.47. The first-order valence-corrected chi connectivity index (χ1v) is 12.7. The molecule has 0 spiro atoms. The Kier molecular flexibility index (Phi) is 7.86. The van der Waals surface area contributed by atoms with Crippen LogP contribution in [0.25, 0.3) is 0 Å². The first-order valence-electron chi connectivity index (χ1n) is 12.7. The third kappa shape index (κ3) is 5.95. The molecule has 0 aromatic heterocycles. The number of nitrogens with one attached hydrogen (secondary N) is 3. The Labute approximate surface area is 220 Å². The van der Waals surface area contributed by atoms with Gasteiger partial charge in [-0.15, -0.1) is 0 Å². The number of hydrogen-bond acceptors (Lipinski definition) is 5. The van der Waals surface area contributed by atoms with Gasteiger partial charge in [0.15, 0.2) is 0 Å². The van der Waals surface area contributed by atoms with Crippen molar-refractivity contribution >= 4 is 23.3 Å². The van der Waals surface area contributed by atoms with Crippen molar-refractivity contribution in [1.29, 1.82) is 0 Å². The lowest BCUT2D eigenvalue weighted by Gasteiger charge is -2.37. The van der Waals surface area contributed by atoms with Crippen molar-refractivity contribution in [3.8, 4) is 5.75 Å². The van der Waals surface area contributed by atoms with E-state index in [-0.39, 0.29) is 36.6 Å². The summed E-state index contributed by atoms with van der Waals surface area (Å²) in [6, 6.07) is 20.6. The summed E-state index contributed by atoms with van der Waals surface area (Å²) in [6.07, 6.45) is 0.0844. The number of carbonyl (C=O) groups excluding carboxylic acids is 2. The number of halogens is 1. The first-order chi connectivity index (χ1) is 18.5. The second-order valence-electron chi connectivity index (χ2n) is 9.51. The largest absolute Gasteiger partial charge is 0.487 e. The predicted molar refractivity (Wildman–Crippen MR) is 141 cm³/mol. The van der Waals surface area contributed by atoms with Crippen molar-refractivity contribution in [2.75, 3.05) is 23.8 Å². The van der Waals surface area contributed by atoms with Gasteiger partial charge in [0, 0.05) is 23.7 Å². The van der Waals surface area contributed by atoms with Gasteiger partial charge in [0.25, 0.3) is 0 Å². The number of aliphatic hydroxyl groups excluding tert-OH is 1. The first kappa shape index (κ1) is 25.7. The molecule has 1 saturated heterocycles. The fraction of sp³-hybridized carbons (Fsp3) is 0.310. The van der Waals surface area contributed by atoms with Gasteiger partial charge in [0.1, 0.15) is 23.8 Å². The van der Waals surface area contributed by atoms with E-state index in [1.807, 2.05) is 36.4 Å². The Balaban J connectivity index is 1.21. The van der Waals surface area contributed by atoms with Gasteiger partial charge in [-0.1, -0.05) is 42.5 Å².